The van der Waals surface area contributed by atoms with Crippen LogP contribution in [0.15, 0.2) is 54.6 Å². The molecule has 2 aromatic carbocycles. The first-order valence-electron chi connectivity index (χ1n) is 12.2. The van der Waals surface area contributed by atoms with Crippen LogP contribution >= 0.6 is 0 Å². The molecule has 0 saturated heterocycles. The number of rotatable bonds is 12. The summed E-state index contributed by atoms with van der Waals surface area (Å²) >= 11 is 0. The van der Waals surface area contributed by atoms with Gasteiger partial charge in [0.25, 0.3) is 0 Å². The van der Waals surface area contributed by atoms with Gasteiger partial charge in [-0.2, -0.15) is 0 Å². The first kappa shape index (κ1) is 28.4. The van der Waals surface area contributed by atoms with Crippen molar-refractivity contribution in [2.45, 2.75) is 72.0 Å². The van der Waals surface area contributed by atoms with Crippen LogP contribution in [-0.2, 0) is 26.2 Å². The standard InChI is InChI=1S/C27H39N3O4S/c1-7-21(5)28-27(32)24(8-2)29(18-22-14-10-9-11-15-22)26(31)19-30(35(6,33)34)25-17-13-12-16-23(25)20(3)4/h9-17,20-21,24H,7-8,18-19H2,1-6H3,(H,28,32)/t21-,24-/m0/s1. The van der Waals surface area contributed by atoms with Crippen molar-refractivity contribution in [2.24, 2.45) is 0 Å². The van der Waals surface area contributed by atoms with Crippen molar-refractivity contribution in [3.8, 4) is 0 Å². The Morgan fingerprint density at radius 3 is 2.06 bits per heavy atom. The van der Waals surface area contributed by atoms with Gasteiger partial charge >= 0.3 is 0 Å². The van der Waals surface area contributed by atoms with Crippen LogP contribution in [0.1, 0.15) is 64.5 Å². The van der Waals surface area contributed by atoms with E-state index in [1.807, 2.05) is 77.1 Å². The first-order chi connectivity index (χ1) is 16.5. The van der Waals surface area contributed by atoms with E-state index in [9.17, 15) is 18.0 Å². The predicted octanol–water partition coefficient (Wildman–Crippen LogP) is 4.30. The zero-order chi connectivity index (χ0) is 26.2. The van der Waals surface area contributed by atoms with Gasteiger partial charge in [0.15, 0.2) is 0 Å². The van der Waals surface area contributed by atoms with Gasteiger partial charge in [-0.25, -0.2) is 8.42 Å². The number of anilines is 1. The summed E-state index contributed by atoms with van der Waals surface area (Å²) in [6.45, 7) is 9.54. The number of nitrogens with zero attached hydrogens (tertiary/aromatic N) is 2. The zero-order valence-corrected chi connectivity index (χ0v) is 22.5. The quantitative estimate of drug-likeness (QED) is 0.470. The van der Waals surface area contributed by atoms with Gasteiger partial charge in [0.2, 0.25) is 21.8 Å². The Hall–Kier alpha value is -2.87. The summed E-state index contributed by atoms with van der Waals surface area (Å²) in [6, 6.07) is 15.9. The minimum atomic E-state index is -3.77. The molecule has 2 aromatic rings. The Morgan fingerprint density at radius 2 is 1.51 bits per heavy atom. The number of carbonyl (C=O) groups excluding carboxylic acids is 2. The molecule has 8 heteroatoms. The fraction of sp³-hybridized carbons (Fsp3) is 0.481. The lowest BCUT2D eigenvalue weighted by atomic mass is 10.0. The molecule has 0 unspecified atom stereocenters. The number of hydrogen-bond acceptors (Lipinski definition) is 4. The normalized spacial score (nSPS) is 13.2. The third-order valence-electron chi connectivity index (χ3n) is 6.09. The number of amides is 2. The van der Waals surface area contributed by atoms with Crippen molar-refractivity contribution >= 4 is 27.5 Å². The van der Waals surface area contributed by atoms with Gasteiger partial charge in [0.1, 0.15) is 12.6 Å². The third kappa shape index (κ3) is 7.82. The van der Waals surface area contributed by atoms with Crippen molar-refractivity contribution in [1.82, 2.24) is 10.2 Å². The monoisotopic (exact) mass is 501 g/mol. The Morgan fingerprint density at radius 1 is 0.914 bits per heavy atom. The van der Waals surface area contributed by atoms with Gasteiger partial charge < -0.3 is 10.2 Å². The summed E-state index contributed by atoms with van der Waals surface area (Å²) in [7, 11) is -3.77. The molecule has 7 nitrogen and oxygen atoms in total. The van der Waals surface area contributed by atoms with Crippen molar-refractivity contribution in [3.63, 3.8) is 0 Å². The van der Waals surface area contributed by atoms with Gasteiger partial charge in [-0.1, -0.05) is 76.2 Å². The van der Waals surface area contributed by atoms with Crippen LogP contribution in [0.5, 0.6) is 0 Å². The summed E-state index contributed by atoms with van der Waals surface area (Å²) < 4.78 is 26.9. The number of carbonyl (C=O) groups is 2. The molecule has 0 aliphatic rings. The second-order valence-corrected chi connectivity index (χ2v) is 11.1. The third-order valence-corrected chi connectivity index (χ3v) is 7.22. The molecular formula is C27H39N3O4S. The zero-order valence-electron chi connectivity index (χ0n) is 21.7. The van der Waals surface area contributed by atoms with E-state index in [1.54, 1.807) is 12.1 Å². The number of para-hydroxylation sites is 1. The summed E-state index contributed by atoms with van der Waals surface area (Å²) in [4.78, 5) is 28.4. The SMILES string of the molecule is CC[C@H](C)NC(=O)[C@H](CC)N(Cc1ccccc1)C(=O)CN(c1ccccc1C(C)C)S(C)(=O)=O. The number of sulfonamides is 1. The van der Waals surface area contributed by atoms with Crippen molar-refractivity contribution in [3.05, 3.63) is 65.7 Å². The van der Waals surface area contributed by atoms with Crippen LogP contribution in [0, 0.1) is 0 Å². The lowest BCUT2D eigenvalue weighted by molar-refractivity contribution is -0.140. The molecule has 0 bridgehead atoms. The van der Waals surface area contributed by atoms with Crippen molar-refractivity contribution in [2.75, 3.05) is 17.1 Å². The van der Waals surface area contributed by atoms with Gasteiger partial charge in [0.05, 0.1) is 11.9 Å². The highest BCUT2D eigenvalue weighted by atomic mass is 32.2. The van der Waals surface area contributed by atoms with E-state index in [0.29, 0.717) is 12.1 Å². The van der Waals surface area contributed by atoms with Crippen LogP contribution in [0.4, 0.5) is 5.69 Å². The van der Waals surface area contributed by atoms with Crippen molar-refractivity contribution in [1.29, 1.82) is 0 Å². The predicted molar refractivity (Wildman–Crippen MR) is 142 cm³/mol. The maximum atomic E-state index is 13.8. The van der Waals surface area contributed by atoms with Crippen LogP contribution in [0.3, 0.4) is 0 Å². The molecule has 0 aliphatic heterocycles. The average molecular weight is 502 g/mol. The number of hydrogen-bond donors (Lipinski definition) is 1. The summed E-state index contributed by atoms with van der Waals surface area (Å²) in [5, 5.41) is 2.98. The molecule has 0 aliphatic carbocycles. The molecule has 0 saturated carbocycles. The van der Waals surface area contributed by atoms with E-state index in [2.05, 4.69) is 5.32 Å². The van der Waals surface area contributed by atoms with E-state index in [1.165, 1.54) is 4.90 Å². The van der Waals surface area contributed by atoms with E-state index in [0.717, 1.165) is 28.1 Å². The molecule has 2 atom stereocenters. The van der Waals surface area contributed by atoms with Gasteiger partial charge in [0, 0.05) is 12.6 Å². The molecule has 0 heterocycles. The fourth-order valence-corrected chi connectivity index (χ4v) is 4.81. The second-order valence-electron chi connectivity index (χ2n) is 9.23. The summed E-state index contributed by atoms with van der Waals surface area (Å²) in [5.74, 6) is -0.598. The molecule has 0 aromatic heterocycles. The van der Waals surface area contributed by atoms with Gasteiger partial charge in [-0.05, 0) is 42.9 Å². The van der Waals surface area contributed by atoms with Crippen LogP contribution in [0.25, 0.3) is 0 Å². The first-order valence-corrected chi connectivity index (χ1v) is 14.0. The Labute approximate surface area is 210 Å². The molecule has 0 radical (unpaired) electrons. The van der Waals surface area contributed by atoms with Crippen LogP contribution in [-0.4, -0.2) is 50.0 Å². The Balaban J connectivity index is 2.48. The number of benzene rings is 2. The second kappa shape index (κ2) is 12.7. The highest BCUT2D eigenvalue weighted by Gasteiger charge is 2.32. The molecule has 0 fully saturated rings. The minimum absolute atomic E-state index is 0.0318. The fourth-order valence-electron chi connectivity index (χ4n) is 3.94. The van der Waals surface area contributed by atoms with Gasteiger partial charge in [-0.15, -0.1) is 0 Å². The molecule has 35 heavy (non-hydrogen) atoms. The van der Waals surface area contributed by atoms with E-state index in [-0.39, 0.29) is 31.0 Å². The smallest absolute Gasteiger partial charge is 0.244 e. The molecule has 1 N–H and O–H groups in total. The lowest BCUT2D eigenvalue weighted by Gasteiger charge is -2.34. The van der Waals surface area contributed by atoms with E-state index < -0.39 is 22.0 Å². The molecule has 192 valence electrons. The molecule has 2 rings (SSSR count). The van der Waals surface area contributed by atoms with Gasteiger partial charge in [-0.3, -0.25) is 13.9 Å². The lowest BCUT2D eigenvalue weighted by Crippen LogP contribution is -2.53. The summed E-state index contributed by atoms with van der Waals surface area (Å²) in [6.07, 6.45) is 2.27. The van der Waals surface area contributed by atoms with Crippen LogP contribution in [0.2, 0.25) is 0 Å². The topological polar surface area (TPSA) is 86.8 Å². The summed E-state index contributed by atoms with van der Waals surface area (Å²) in [5.41, 5.74) is 2.18. The maximum Gasteiger partial charge on any atom is 0.244 e. The molecular weight excluding hydrogens is 462 g/mol. The average Bonchev–Trinajstić information content (AvgIpc) is 2.82. The van der Waals surface area contributed by atoms with E-state index in [4.69, 9.17) is 0 Å². The maximum absolute atomic E-state index is 13.8. The Kier molecular flexibility index (Phi) is 10.3. The minimum Gasteiger partial charge on any atom is -0.352 e. The largest absolute Gasteiger partial charge is 0.352 e. The van der Waals surface area contributed by atoms with Crippen LogP contribution < -0.4 is 9.62 Å². The highest BCUT2D eigenvalue weighted by molar-refractivity contribution is 7.92. The van der Waals surface area contributed by atoms with E-state index >= 15 is 0 Å². The molecule has 2 amide bonds. The van der Waals surface area contributed by atoms with Crippen molar-refractivity contribution < 1.29 is 18.0 Å². The number of nitrogens with one attached hydrogen (secondary N) is 1. The Bertz CT molecular complexity index is 1090. The molecule has 0 spiro atoms. The highest BCUT2D eigenvalue weighted by Crippen LogP contribution is 2.29.